The topological polar surface area (TPSA) is 47.9 Å². The van der Waals surface area contributed by atoms with Gasteiger partial charge in [0.2, 0.25) is 0 Å². The Labute approximate surface area is 129 Å². The molecule has 2 N–H and O–H groups in total. The van der Waals surface area contributed by atoms with Gasteiger partial charge in [-0.15, -0.1) is 0 Å². The molecule has 1 aromatic carbocycles. The average Bonchev–Trinajstić information content (AvgIpc) is 2.80. The molecular weight excluding hydrogens is 294 g/mol. The van der Waals surface area contributed by atoms with E-state index in [-0.39, 0.29) is 6.17 Å². The third-order valence-corrected chi connectivity index (χ3v) is 3.68. The molecule has 2 rings (SSSR count). The molecule has 2 atom stereocenters. The monoisotopic (exact) mass is 311 g/mol. The summed E-state index contributed by atoms with van der Waals surface area (Å²) in [5, 5.41) is 16.9. The van der Waals surface area contributed by atoms with Gasteiger partial charge < -0.3 is 10.0 Å². The van der Waals surface area contributed by atoms with E-state index < -0.39 is 6.10 Å². The number of rotatable bonds is 5. The van der Waals surface area contributed by atoms with Crippen LogP contribution in [0.5, 0.6) is 0 Å². The molecule has 1 aliphatic heterocycles. The van der Waals surface area contributed by atoms with Gasteiger partial charge in [0, 0.05) is 22.5 Å². The highest BCUT2D eigenvalue weighted by Crippen LogP contribution is 2.27. The first-order valence-corrected chi connectivity index (χ1v) is 7.37. The molecule has 0 spiro atoms. The molecule has 1 aromatic rings. The predicted molar refractivity (Wildman–Crippen MR) is 86.0 cm³/mol. The van der Waals surface area contributed by atoms with Crippen molar-refractivity contribution in [2.45, 2.75) is 26.1 Å². The molecule has 0 radical (unpaired) electrons. The quantitative estimate of drug-likeness (QED) is 0.821. The molecule has 2 unspecified atom stereocenters. The van der Waals surface area contributed by atoms with Crippen molar-refractivity contribution in [2.24, 2.45) is 11.0 Å². The van der Waals surface area contributed by atoms with E-state index in [0.717, 1.165) is 6.54 Å². The van der Waals surface area contributed by atoms with Crippen LogP contribution in [0.4, 0.5) is 0 Å². The Kier molecular flexibility index (Phi) is 4.96. The molecule has 4 nitrogen and oxygen atoms in total. The summed E-state index contributed by atoms with van der Waals surface area (Å²) < 4.78 is 0. The minimum atomic E-state index is -0.866. The van der Waals surface area contributed by atoms with E-state index in [9.17, 15) is 5.11 Å². The number of aliphatic hydroxyl groups excluding tert-OH is 1. The third-order valence-electron chi connectivity index (χ3n) is 3.08. The number of nitrogens with one attached hydrogen (secondary N) is 1. The molecule has 6 heteroatoms. The van der Waals surface area contributed by atoms with Crippen molar-refractivity contribution in [1.29, 1.82) is 0 Å². The minimum absolute atomic E-state index is 0.167. The van der Waals surface area contributed by atoms with E-state index in [4.69, 9.17) is 23.8 Å². The smallest absolute Gasteiger partial charge is 0.160 e. The Balaban J connectivity index is 2.26. The maximum atomic E-state index is 10.6. The summed E-state index contributed by atoms with van der Waals surface area (Å²) in [5.74, 6) is 0.980. The second-order valence-electron chi connectivity index (χ2n) is 5.15. The van der Waals surface area contributed by atoms with Crippen molar-refractivity contribution >= 4 is 35.0 Å². The van der Waals surface area contributed by atoms with Crippen LogP contribution in [0.25, 0.3) is 0 Å². The molecule has 0 aromatic heterocycles. The standard InChI is InChI=1S/C14H18ClN3OS/c1-9(2)7-18-12(8-20)16-17-14(18)13(19)10-5-3-4-6-11(10)15/h3-6,8-9,12-13,16,19H,7H2,1-2H3. The fourth-order valence-corrected chi connectivity index (χ4v) is 2.61. The number of hydrazone groups is 1. The Morgan fingerprint density at radius 3 is 2.80 bits per heavy atom. The van der Waals surface area contributed by atoms with Crippen molar-refractivity contribution in [2.75, 3.05) is 6.54 Å². The molecule has 0 bridgehead atoms. The van der Waals surface area contributed by atoms with E-state index in [1.54, 1.807) is 17.5 Å². The lowest BCUT2D eigenvalue weighted by Crippen LogP contribution is -2.44. The van der Waals surface area contributed by atoms with Crippen LogP contribution in [-0.2, 0) is 0 Å². The second-order valence-corrected chi connectivity index (χ2v) is 5.83. The van der Waals surface area contributed by atoms with Crippen LogP contribution < -0.4 is 5.43 Å². The lowest BCUT2D eigenvalue weighted by molar-refractivity contribution is 0.219. The predicted octanol–water partition coefficient (Wildman–Crippen LogP) is 2.57. The molecule has 20 heavy (non-hydrogen) atoms. The van der Waals surface area contributed by atoms with Crippen molar-refractivity contribution in [3.63, 3.8) is 0 Å². The second kappa shape index (κ2) is 6.52. The molecule has 0 fully saturated rings. The molecule has 0 saturated heterocycles. The van der Waals surface area contributed by atoms with Gasteiger partial charge in [0.1, 0.15) is 12.3 Å². The zero-order chi connectivity index (χ0) is 14.7. The van der Waals surface area contributed by atoms with Crippen LogP contribution in [0.1, 0.15) is 25.5 Å². The highest BCUT2D eigenvalue weighted by Gasteiger charge is 2.32. The van der Waals surface area contributed by atoms with Gasteiger partial charge in [-0.1, -0.05) is 55.9 Å². The van der Waals surface area contributed by atoms with Crippen LogP contribution in [0.2, 0.25) is 5.02 Å². The van der Waals surface area contributed by atoms with Gasteiger partial charge in [-0.2, -0.15) is 5.10 Å². The lowest BCUT2D eigenvalue weighted by Gasteiger charge is -2.28. The zero-order valence-electron chi connectivity index (χ0n) is 11.5. The summed E-state index contributed by atoms with van der Waals surface area (Å²) >= 11 is 11.2. The van der Waals surface area contributed by atoms with Crippen molar-refractivity contribution in [3.05, 3.63) is 34.9 Å². The van der Waals surface area contributed by atoms with Gasteiger partial charge in [0.25, 0.3) is 0 Å². The first-order chi connectivity index (χ1) is 9.54. The Hall–Kier alpha value is -1.17. The van der Waals surface area contributed by atoms with Gasteiger partial charge in [0.05, 0.1) is 0 Å². The zero-order valence-corrected chi connectivity index (χ0v) is 13.0. The molecular formula is C14H18ClN3OS. The maximum absolute atomic E-state index is 10.6. The summed E-state index contributed by atoms with van der Waals surface area (Å²) in [6.07, 6.45) is -1.03. The average molecular weight is 312 g/mol. The van der Waals surface area contributed by atoms with Crippen molar-refractivity contribution in [3.8, 4) is 0 Å². The number of nitrogens with zero attached hydrogens (tertiary/aromatic N) is 2. The first-order valence-electron chi connectivity index (χ1n) is 6.52. The van der Waals surface area contributed by atoms with Gasteiger partial charge in [-0.3, -0.25) is 5.43 Å². The van der Waals surface area contributed by atoms with Crippen molar-refractivity contribution in [1.82, 2.24) is 10.3 Å². The number of halogens is 1. The van der Waals surface area contributed by atoms with Gasteiger partial charge in [-0.05, 0) is 12.0 Å². The Morgan fingerprint density at radius 1 is 1.50 bits per heavy atom. The van der Waals surface area contributed by atoms with E-state index in [1.807, 2.05) is 17.0 Å². The molecule has 1 aliphatic rings. The summed E-state index contributed by atoms with van der Waals surface area (Å²) in [4.78, 5) is 1.98. The largest absolute Gasteiger partial charge is 0.380 e. The molecule has 0 saturated carbocycles. The Bertz CT molecular complexity index is 521. The number of amidine groups is 1. The summed E-state index contributed by atoms with van der Waals surface area (Å²) in [6.45, 7) is 4.97. The highest BCUT2D eigenvalue weighted by atomic mass is 35.5. The van der Waals surface area contributed by atoms with Crippen LogP contribution in [0, 0.1) is 5.92 Å². The van der Waals surface area contributed by atoms with E-state index >= 15 is 0 Å². The molecule has 0 amide bonds. The van der Waals surface area contributed by atoms with Crippen LogP contribution >= 0.6 is 23.8 Å². The van der Waals surface area contributed by atoms with E-state index in [1.165, 1.54) is 0 Å². The summed E-state index contributed by atoms with van der Waals surface area (Å²) in [5.41, 5.74) is 3.58. The number of hydrogen-bond acceptors (Lipinski definition) is 5. The van der Waals surface area contributed by atoms with Gasteiger partial charge in [0.15, 0.2) is 5.84 Å². The third kappa shape index (κ3) is 3.11. The van der Waals surface area contributed by atoms with Crippen LogP contribution in [0.3, 0.4) is 0 Å². The fraction of sp³-hybridized carbons (Fsp3) is 0.429. The maximum Gasteiger partial charge on any atom is 0.160 e. The number of benzene rings is 1. The first kappa shape index (κ1) is 15.2. The SMILES string of the molecule is CC(C)CN1C(C(O)c2ccccc2Cl)=NNC1C=S. The lowest BCUT2D eigenvalue weighted by atomic mass is 10.1. The van der Waals surface area contributed by atoms with Gasteiger partial charge in [-0.25, -0.2) is 0 Å². The Morgan fingerprint density at radius 2 is 2.20 bits per heavy atom. The number of hydrogen-bond donors (Lipinski definition) is 2. The number of aliphatic hydroxyl groups is 1. The van der Waals surface area contributed by atoms with Crippen molar-refractivity contribution < 1.29 is 5.11 Å². The normalized spacial score (nSPS) is 19.8. The van der Waals surface area contributed by atoms with Crippen LogP contribution in [-0.4, -0.2) is 33.9 Å². The molecule has 0 aliphatic carbocycles. The van der Waals surface area contributed by atoms with E-state index in [0.29, 0.717) is 22.3 Å². The summed E-state index contributed by atoms with van der Waals surface area (Å²) in [7, 11) is 0. The van der Waals surface area contributed by atoms with Gasteiger partial charge >= 0.3 is 0 Å². The number of thiocarbonyl (C=S) groups is 1. The van der Waals surface area contributed by atoms with Crippen LogP contribution in [0.15, 0.2) is 29.4 Å². The molecule has 108 valence electrons. The van der Waals surface area contributed by atoms with E-state index in [2.05, 4.69) is 24.4 Å². The minimum Gasteiger partial charge on any atom is -0.380 e. The fourth-order valence-electron chi connectivity index (χ4n) is 2.17. The highest BCUT2D eigenvalue weighted by molar-refractivity contribution is 7.79. The summed E-state index contributed by atoms with van der Waals surface area (Å²) in [6, 6.07) is 7.23. The molecule has 1 heterocycles.